The fraction of sp³-hybridized carbons (Fsp3) is 0.143. The second kappa shape index (κ2) is 7.97. The Hall–Kier alpha value is -3.94. The van der Waals surface area contributed by atoms with Crippen LogP contribution in [0.25, 0.3) is 11.8 Å². The molecule has 0 N–H and O–H groups in total. The van der Waals surface area contributed by atoms with Gasteiger partial charge in [0.25, 0.3) is 0 Å². The molecule has 0 saturated heterocycles. The molecule has 8 heteroatoms. The van der Waals surface area contributed by atoms with E-state index in [0.717, 1.165) is 18.1 Å². The highest BCUT2D eigenvalue weighted by Crippen LogP contribution is 2.39. The first kappa shape index (κ1) is 19.8. The summed E-state index contributed by atoms with van der Waals surface area (Å²) in [7, 11) is 1.29. The third-order valence-electron chi connectivity index (χ3n) is 4.10. The molecule has 0 radical (unpaired) electrons. The number of cyclic esters (lactones) is 1. The van der Waals surface area contributed by atoms with Gasteiger partial charge in [0.2, 0.25) is 5.75 Å². The van der Waals surface area contributed by atoms with E-state index in [0.29, 0.717) is 11.3 Å². The number of methoxy groups -OCH3 is 1. The Kier molecular flexibility index (Phi) is 5.45. The molecule has 0 unspecified atom stereocenters. The van der Waals surface area contributed by atoms with Gasteiger partial charge in [0.05, 0.1) is 17.6 Å². The number of hydrogen-bond donors (Lipinski definition) is 0. The largest absolute Gasteiger partial charge is 0.493 e. The van der Waals surface area contributed by atoms with E-state index in [1.807, 2.05) is 31.2 Å². The van der Waals surface area contributed by atoms with Gasteiger partial charge >= 0.3 is 17.6 Å². The average molecular weight is 395 g/mol. The van der Waals surface area contributed by atoms with Crippen LogP contribution in [0.3, 0.4) is 0 Å². The van der Waals surface area contributed by atoms with E-state index in [1.54, 1.807) is 6.08 Å². The van der Waals surface area contributed by atoms with Crippen LogP contribution >= 0.6 is 0 Å². The van der Waals surface area contributed by atoms with Crippen LogP contribution < -0.4 is 9.47 Å². The molecule has 0 fully saturated rings. The lowest BCUT2D eigenvalue weighted by Crippen LogP contribution is -2.06. The highest BCUT2D eigenvalue weighted by molar-refractivity contribution is 6.05. The number of aryl methyl sites for hydroxylation is 1. The first-order chi connectivity index (χ1) is 13.8. The fourth-order valence-corrected chi connectivity index (χ4v) is 2.75. The molecule has 0 aliphatic carbocycles. The molecule has 0 amide bonds. The van der Waals surface area contributed by atoms with Crippen molar-refractivity contribution in [1.29, 1.82) is 0 Å². The van der Waals surface area contributed by atoms with E-state index in [1.165, 1.54) is 25.3 Å². The monoisotopic (exact) mass is 395 g/mol. The summed E-state index contributed by atoms with van der Waals surface area (Å²) in [6.07, 6.45) is 3.00. The summed E-state index contributed by atoms with van der Waals surface area (Å²) in [6.45, 7) is 3.08. The molecule has 148 valence electrons. The zero-order valence-corrected chi connectivity index (χ0v) is 15.9. The van der Waals surface area contributed by atoms with Gasteiger partial charge in [-0.25, -0.2) is 4.79 Å². The van der Waals surface area contributed by atoms with Gasteiger partial charge in [-0.3, -0.25) is 14.9 Å². The van der Waals surface area contributed by atoms with Crippen molar-refractivity contribution in [3.05, 3.63) is 74.9 Å². The molecule has 0 bridgehead atoms. The number of esters is 2. The van der Waals surface area contributed by atoms with Gasteiger partial charge in [-0.05, 0) is 30.7 Å². The predicted octanol–water partition coefficient (Wildman–Crippen LogP) is 3.82. The van der Waals surface area contributed by atoms with Gasteiger partial charge in [0.15, 0.2) is 5.75 Å². The van der Waals surface area contributed by atoms with Crippen molar-refractivity contribution in [2.45, 2.75) is 13.8 Å². The summed E-state index contributed by atoms with van der Waals surface area (Å²) < 4.78 is 15.4. The van der Waals surface area contributed by atoms with Crippen molar-refractivity contribution in [1.82, 2.24) is 0 Å². The number of hydrogen-bond acceptors (Lipinski definition) is 7. The smallest absolute Gasteiger partial charge is 0.343 e. The normalized spacial score (nSPS) is 14.4. The summed E-state index contributed by atoms with van der Waals surface area (Å²) in [6, 6.07) is 10.1. The molecule has 0 atom stereocenters. The lowest BCUT2D eigenvalue weighted by atomic mass is 10.1. The van der Waals surface area contributed by atoms with Crippen LogP contribution in [0, 0.1) is 17.0 Å². The first-order valence-electron chi connectivity index (χ1n) is 8.56. The second-order valence-electron chi connectivity index (χ2n) is 6.29. The van der Waals surface area contributed by atoms with Crippen molar-refractivity contribution >= 4 is 29.5 Å². The zero-order valence-electron chi connectivity index (χ0n) is 15.9. The number of ether oxygens (including phenoxy) is 3. The molecule has 0 saturated carbocycles. The van der Waals surface area contributed by atoms with Crippen LogP contribution in [-0.4, -0.2) is 24.0 Å². The van der Waals surface area contributed by atoms with Crippen molar-refractivity contribution in [2.24, 2.45) is 0 Å². The molecule has 2 aromatic rings. The predicted molar refractivity (Wildman–Crippen MR) is 104 cm³/mol. The van der Waals surface area contributed by atoms with Crippen LogP contribution in [0.1, 0.15) is 23.6 Å². The molecule has 29 heavy (non-hydrogen) atoms. The van der Waals surface area contributed by atoms with Crippen molar-refractivity contribution < 1.29 is 28.7 Å². The number of carbonyl (C=O) groups is 2. The van der Waals surface area contributed by atoms with Gasteiger partial charge in [-0.1, -0.05) is 29.8 Å². The highest BCUT2D eigenvalue weighted by Gasteiger charge is 2.26. The zero-order chi connectivity index (χ0) is 21.1. The van der Waals surface area contributed by atoms with Gasteiger partial charge in [-0.15, -0.1) is 0 Å². The lowest BCUT2D eigenvalue weighted by Gasteiger charge is -2.09. The molecule has 1 aliphatic rings. The minimum absolute atomic E-state index is 0.00430. The van der Waals surface area contributed by atoms with Crippen LogP contribution in [0.4, 0.5) is 5.69 Å². The maximum Gasteiger partial charge on any atom is 0.343 e. The van der Waals surface area contributed by atoms with Crippen molar-refractivity contribution in [3.63, 3.8) is 0 Å². The van der Waals surface area contributed by atoms with Crippen molar-refractivity contribution in [2.75, 3.05) is 7.11 Å². The minimum atomic E-state index is -0.720. The van der Waals surface area contributed by atoms with Gasteiger partial charge in [0.1, 0.15) is 5.76 Å². The number of carbonyl (C=O) groups excluding carboxylic acids is 2. The number of nitro benzene ring substituents is 1. The quantitative estimate of drug-likeness (QED) is 0.249. The third-order valence-corrected chi connectivity index (χ3v) is 4.10. The number of nitro groups is 1. The van der Waals surface area contributed by atoms with E-state index < -0.39 is 22.5 Å². The van der Waals surface area contributed by atoms with Gasteiger partial charge in [0, 0.05) is 18.6 Å². The highest BCUT2D eigenvalue weighted by atomic mass is 16.6. The Bertz CT molecular complexity index is 1070. The topological polar surface area (TPSA) is 105 Å². The second-order valence-corrected chi connectivity index (χ2v) is 6.29. The molecule has 0 aromatic heterocycles. The molecule has 0 spiro atoms. The summed E-state index contributed by atoms with van der Waals surface area (Å²) in [5.41, 5.74) is 1.89. The SMILES string of the molecule is COc1cc(C=C2C=C(c3ccc(C)cc3)OC2=O)cc([N+](=O)[O-])c1OC(C)=O. The summed E-state index contributed by atoms with van der Waals surface area (Å²) >= 11 is 0. The molecule has 1 aliphatic heterocycles. The number of nitrogens with zero attached hydrogens (tertiary/aromatic N) is 1. The van der Waals surface area contributed by atoms with E-state index in [-0.39, 0.29) is 17.1 Å². The molecule has 3 rings (SSSR count). The third kappa shape index (κ3) is 4.32. The number of benzene rings is 2. The fourth-order valence-electron chi connectivity index (χ4n) is 2.75. The maximum absolute atomic E-state index is 12.2. The van der Waals surface area contributed by atoms with Crippen LogP contribution in [0.15, 0.2) is 48.0 Å². The Morgan fingerprint density at radius 1 is 1.21 bits per heavy atom. The molecular weight excluding hydrogens is 378 g/mol. The van der Waals surface area contributed by atoms with E-state index in [2.05, 4.69) is 0 Å². The Morgan fingerprint density at radius 3 is 2.48 bits per heavy atom. The first-order valence-corrected chi connectivity index (χ1v) is 8.56. The van der Waals surface area contributed by atoms with Crippen LogP contribution in [0.5, 0.6) is 11.5 Å². The molecule has 2 aromatic carbocycles. The average Bonchev–Trinajstić information content (AvgIpc) is 3.03. The Balaban J connectivity index is 2.04. The molecule has 1 heterocycles. The standard InChI is InChI=1S/C21H17NO7/c1-12-4-6-15(7-5-12)18-11-16(21(24)29-18)8-14-9-17(22(25)26)20(28-13(2)23)19(10-14)27-3/h4-11H,1-3H3. The van der Waals surface area contributed by atoms with E-state index in [4.69, 9.17) is 14.2 Å². The van der Waals surface area contributed by atoms with E-state index >= 15 is 0 Å². The number of rotatable bonds is 5. The lowest BCUT2D eigenvalue weighted by molar-refractivity contribution is -0.385. The Labute approximate surface area is 166 Å². The molecule has 8 nitrogen and oxygen atoms in total. The Morgan fingerprint density at radius 2 is 1.90 bits per heavy atom. The van der Waals surface area contributed by atoms with Crippen molar-refractivity contribution in [3.8, 4) is 11.5 Å². The van der Waals surface area contributed by atoms with Gasteiger partial charge < -0.3 is 14.2 Å². The summed E-state index contributed by atoms with van der Waals surface area (Å²) in [4.78, 5) is 34.2. The minimum Gasteiger partial charge on any atom is -0.493 e. The van der Waals surface area contributed by atoms with Gasteiger partial charge in [-0.2, -0.15) is 0 Å². The summed E-state index contributed by atoms with van der Waals surface area (Å²) in [5, 5.41) is 11.4. The molecular formula is C21H17NO7. The van der Waals surface area contributed by atoms with Crippen LogP contribution in [-0.2, 0) is 14.3 Å². The van der Waals surface area contributed by atoms with E-state index in [9.17, 15) is 19.7 Å². The van der Waals surface area contributed by atoms with Crippen LogP contribution in [0.2, 0.25) is 0 Å². The maximum atomic E-state index is 12.2. The summed E-state index contributed by atoms with van der Waals surface area (Å²) in [5.74, 6) is -1.21.